The van der Waals surface area contributed by atoms with Gasteiger partial charge in [-0.15, -0.1) is 0 Å². The minimum atomic E-state index is 0.713. The van der Waals surface area contributed by atoms with Crippen molar-refractivity contribution in [2.75, 3.05) is 0 Å². The van der Waals surface area contributed by atoms with Gasteiger partial charge in [-0.05, 0) is 32.6 Å². The van der Waals surface area contributed by atoms with Crippen LogP contribution in [0.1, 0.15) is 32.6 Å². The molecule has 0 spiro atoms. The van der Waals surface area contributed by atoms with Gasteiger partial charge in [-0.3, -0.25) is 0 Å². The predicted molar refractivity (Wildman–Crippen MR) is 36.2 cm³/mol. The van der Waals surface area contributed by atoms with E-state index in [2.05, 4.69) is 6.92 Å². The number of rotatable bonds is 4. The van der Waals surface area contributed by atoms with Crippen LogP contribution < -0.4 is 0 Å². The summed E-state index contributed by atoms with van der Waals surface area (Å²) < 4.78 is 0. The van der Waals surface area contributed by atoms with Crippen molar-refractivity contribution < 1.29 is 0 Å². The molecule has 46 valence electrons. The zero-order valence-corrected chi connectivity index (χ0v) is 5.56. The lowest BCUT2D eigenvalue weighted by Gasteiger charge is -2.05. The Labute approximate surface area is 53.3 Å². The van der Waals surface area contributed by atoms with E-state index in [1.807, 2.05) is 0 Å². The van der Waals surface area contributed by atoms with E-state index >= 15 is 0 Å². The second kappa shape index (κ2) is 5.14. The summed E-state index contributed by atoms with van der Waals surface area (Å²) in [7, 11) is 0. The van der Waals surface area contributed by atoms with Crippen molar-refractivity contribution in [1.82, 2.24) is 0 Å². The first kappa shape index (κ1) is 8.00. The monoisotopic (exact) mass is 110 g/mol. The summed E-state index contributed by atoms with van der Waals surface area (Å²) in [5.41, 5.74) is 0. The van der Waals surface area contributed by atoms with Crippen molar-refractivity contribution in [3.8, 4) is 0 Å². The van der Waals surface area contributed by atoms with Gasteiger partial charge in [-0.1, -0.05) is 19.8 Å². The van der Waals surface area contributed by atoms with E-state index in [0.29, 0.717) is 5.92 Å². The van der Waals surface area contributed by atoms with Gasteiger partial charge in [0.2, 0.25) is 0 Å². The molecule has 0 unspecified atom stereocenters. The molecule has 0 saturated carbocycles. The van der Waals surface area contributed by atoms with Crippen LogP contribution >= 0.6 is 0 Å². The third kappa shape index (κ3) is 4.17. The van der Waals surface area contributed by atoms with Crippen molar-refractivity contribution in [2.45, 2.75) is 32.6 Å². The molecular weight excluding hydrogens is 96.1 g/mol. The van der Waals surface area contributed by atoms with E-state index in [-0.39, 0.29) is 0 Å². The van der Waals surface area contributed by atoms with E-state index in [9.17, 15) is 0 Å². The van der Waals surface area contributed by atoms with Gasteiger partial charge < -0.3 is 0 Å². The average molecular weight is 110 g/mol. The summed E-state index contributed by atoms with van der Waals surface area (Å²) in [5, 5.41) is 0. The molecule has 0 aromatic heterocycles. The van der Waals surface area contributed by atoms with Gasteiger partial charge in [0.1, 0.15) is 0 Å². The first-order valence-electron chi connectivity index (χ1n) is 3.21. The second-order valence-corrected chi connectivity index (χ2v) is 2.26. The zero-order valence-electron chi connectivity index (χ0n) is 5.56. The highest BCUT2D eigenvalue weighted by atomic mass is 14.0. The fraction of sp³-hybridized carbons (Fsp3) is 0.750. The van der Waals surface area contributed by atoms with Crippen LogP contribution in [0.2, 0.25) is 0 Å². The van der Waals surface area contributed by atoms with Gasteiger partial charge >= 0.3 is 0 Å². The summed E-state index contributed by atoms with van der Waals surface area (Å²) in [6.07, 6.45) is 3.80. The van der Waals surface area contributed by atoms with Gasteiger partial charge in [0, 0.05) is 0 Å². The van der Waals surface area contributed by atoms with E-state index in [4.69, 9.17) is 13.8 Å². The van der Waals surface area contributed by atoms with Crippen molar-refractivity contribution >= 4 is 0 Å². The van der Waals surface area contributed by atoms with Gasteiger partial charge in [0.05, 0.1) is 0 Å². The van der Waals surface area contributed by atoms with Crippen LogP contribution in [0.4, 0.5) is 0 Å². The summed E-state index contributed by atoms with van der Waals surface area (Å²) in [6, 6.07) is 0. The Balaban J connectivity index is 2.92. The predicted octanol–water partition coefficient (Wildman–Crippen LogP) is 2.61. The summed E-state index contributed by atoms with van der Waals surface area (Å²) in [4.78, 5) is 0. The molecule has 0 fully saturated rings. The molecule has 0 aliphatic rings. The second-order valence-electron chi connectivity index (χ2n) is 2.26. The molecule has 0 aromatic carbocycles. The molecule has 8 heavy (non-hydrogen) atoms. The molecule has 0 heterocycles. The van der Waals surface area contributed by atoms with Crippen LogP contribution in [0, 0.1) is 19.8 Å². The Morgan fingerprint density at radius 3 is 1.75 bits per heavy atom. The van der Waals surface area contributed by atoms with E-state index in [1.165, 1.54) is 0 Å². The topological polar surface area (TPSA) is 0 Å². The standard InChI is InChI=1S/C8H14/c1-4-6-8(3)7-5-2/h1-2,8H,4-7H2,3H3. The third-order valence-corrected chi connectivity index (χ3v) is 1.32. The van der Waals surface area contributed by atoms with Crippen LogP contribution in [0.5, 0.6) is 0 Å². The lowest BCUT2D eigenvalue weighted by Crippen LogP contribution is -1.91. The Bertz CT molecular complexity index is 33.3. The lowest BCUT2D eigenvalue weighted by molar-refractivity contribution is 0.500. The molecule has 0 amide bonds. The van der Waals surface area contributed by atoms with Crippen LogP contribution in [0.25, 0.3) is 0 Å². The molecule has 0 N–H and O–H groups in total. The number of hydrogen-bond acceptors (Lipinski definition) is 0. The molecule has 0 aliphatic carbocycles. The average Bonchev–Trinajstić information content (AvgIpc) is 1.68. The minimum absolute atomic E-state index is 0.713. The quantitative estimate of drug-likeness (QED) is 0.522. The molecular formula is C8H14. The molecule has 0 heteroatoms. The molecule has 0 atom stereocenters. The van der Waals surface area contributed by atoms with Crippen molar-refractivity contribution in [3.05, 3.63) is 13.8 Å². The van der Waals surface area contributed by atoms with Crippen molar-refractivity contribution in [3.63, 3.8) is 0 Å². The fourth-order valence-electron chi connectivity index (χ4n) is 0.713. The van der Waals surface area contributed by atoms with Crippen molar-refractivity contribution in [1.29, 1.82) is 0 Å². The fourth-order valence-corrected chi connectivity index (χ4v) is 0.713. The Morgan fingerprint density at radius 2 is 1.50 bits per heavy atom. The SMILES string of the molecule is [CH]CCC(C)CC[CH]. The van der Waals surface area contributed by atoms with E-state index < -0.39 is 0 Å². The van der Waals surface area contributed by atoms with Crippen LogP contribution in [0.15, 0.2) is 0 Å². The first-order valence-corrected chi connectivity index (χ1v) is 3.21. The Morgan fingerprint density at radius 1 is 1.12 bits per heavy atom. The van der Waals surface area contributed by atoms with E-state index in [0.717, 1.165) is 25.7 Å². The van der Waals surface area contributed by atoms with Crippen molar-refractivity contribution in [2.24, 2.45) is 5.92 Å². The van der Waals surface area contributed by atoms with Gasteiger partial charge in [0.15, 0.2) is 0 Å². The third-order valence-electron chi connectivity index (χ3n) is 1.32. The maximum atomic E-state index is 5.32. The summed E-state index contributed by atoms with van der Waals surface area (Å²) in [5.74, 6) is 0.713. The first-order chi connectivity index (χ1) is 3.81. The van der Waals surface area contributed by atoms with Crippen LogP contribution in [-0.2, 0) is 0 Å². The van der Waals surface area contributed by atoms with Crippen LogP contribution in [-0.4, -0.2) is 0 Å². The summed E-state index contributed by atoms with van der Waals surface area (Å²) in [6.45, 7) is 12.8. The molecule has 0 rings (SSSR count). The highest BCUT2D eigenvalue weighted by Crippen LogP contribution is 2.10. The smallest absolute Gasteiger partial charge is 0.0352 e. The Hall–Kier alpha value is 0. The zero-order chi connectivity index (χ0) is 6.41. The molecule has 0 saturated heterocycles. The minimum Gasteiger partial charge on any atom is -0.0625 e. The van der Waals surface area contributed by atoms with Gasteiger partial charge in [-0.2, -0.15) is 0 Å². The molecule has 0 aromatic rings. The molecule has 0 nitrogen and oxygen atoms in total. The maximum absolute atomic E-state index is 5.32. The molecule has 0 bridgehead atoms. The lowest BCUT2D eigenvalue weighted by atomic mass is 10.0. The van der Waals surface area contributed by atoms with E-state index in [1.54, 1.807) is 0 Å². The highest BCUT2D eigenvalue weighted by Gasteiger charge is 1.96. The maximum Gasteiger partial charge on any atom is -0.0352 e. The van der Waals surface area contributed by atoms with Gasteiger partial charge in [-0.25, -0.2) is 0 Å². The molecule has 4 radical (unpaired) electrons. The van der Waals surface area contributed by atoms with Gasteiger partial charge in [0.25, 0.3) is 0 Å². The highest BCUT2D eigenvalue weighted by molar-refractivity contribution is 4.54. The Kier molecular flexibility index (Phi) is 5.14. The van der Waals surface area contributed by atoms with Crippen LogP contribution in [0.3, 0.4) is 0 Å². The summed E-state index contributed by atoms with van der Waals surface area (Å²) >= 11 is 0. The number of hydrogen-bond donors (Lipinski definition) is 0. The normalized spacial score (nSPS) is 10.5. The largest absolute Gasteiger partial charge is 0.0625 e. The molecule has 0 aliphatic heterocycles.